The number of carbonyl (C=O) groups is 1. The summed E-state index contributed by atoms with van der Waals surface area (Å²) >= 11 is 0. The first-order chi connectivity index (χ1) is 10.8. The molecule has 0 atom stereocenters. The van der Waals surface area contributed by atoms with Gasteiger partial charge in [-0.3, -0.25) is 0 Å². The van der Waals surface area contributed by atoms with Crippen molar-refractivity contribution in [2.45, 2.75) is 0 Å². The van der Waals surface area contributed by atoms with E-state index in [1.165, 1.54) is 13.4 Å². The maximum atomic E-state index is 12.2. The van der Waals surface area contributed by atoms with Crippen LogP contribution in [0.5, 0.6) is 11.5 Å². The molecule has 0 saturated carbocycles. The molecule has 0 N–H and O–H groups in total. The predicted octanol–water partition coefficient (Wildman–Crippen LogP) is 2.50. The summed E-state index contributed by atoms with van der Waals surface area (Å²) in [5.74, 6) is 0.445. The number of benzene rings is 2. The van der Waals surface area contributed by atoms with Gasteiger partial charge in [0.2, 0.25) is 0 Å². The molecule has 1 aromatic heterocycles. The first kappa shape index (κ1) is 13.8. The number of carbonyl (C=O) groups excluding carboxylic acids is 1. The van der Waals surface area contributed by atoms with Gasteiger partial charge in [0.05, 0.1) is 18.4 Å². The Labute approximate surface area is 126 Å². The number of esters is 1. The molecular formula is C16H13N3O3. The standard InChI is InChI=1S/C16H13N3O3/c1-21-14-4-2-3-5-15(14)22-16(20)12-6-8-13(9-7-12)19-11-17-10-18-19/h2-11H,1H3. The Morgan fingerprint density at radius 3 is 2.41 bits per heavy atom. The number of hydrogen-bond acceptors (Lipinski definition) is 5. The van der Waals surface area contributed by atoms with Crippen LogP contribution in [0.4, 0.5) is 0 Å². The van der Waals surface area contributed by atoms with Crippen LogP contribution in [0.2, 0.25) is 0 Å². The molecule has 6 heteroatoms. The topological polar surface area (TPSA) is 66.2 Å². The second kappa shape index (κ2) is 6.09. The zero-order valence-electron chi connectivity index (χ0n) is 11.8. The Balaban J connectivity index is 1.78. The minimum absolute atomic E-state index is 0.385. The van der Waals surface area contributed by atoms with Crippen LogP contribution in [-0.2, 0) is 0 Å². The third kappa shape index (κ3) is 2.80. The third-order valence-electron chi connectivity index (χ3n) is 3.06. The first-order valence-corrected chi connectivity index (χ1v) is 6.58. The van der Waals surface area contributed by atoms with Gasteiger partial charge in [-0.25, -0.2) is 14.5 Å². The number of rotatable bonds is 4. The Kier molecular flexibility index (Phi) is 3.82. The van der Waals surface area contributed by atoms with Crippen molar-refractivity contribution < 1.29 is 14.3 Å². The van der Waals surface area contributed by atoms with Crippen molar-refractivity contribution in [2.75, 3.05) is 7.11 Å². The average molecular weight is 295 g/mol. The molecule has 0 unspecified atom stereocenters. The maximum absolute atomic E-state index is 12.2. The van der Waals surface area contributed by atoms with Gasteiger partial charge in [-0.15, -0.1) is 0 Å². The lowest BCUT2D eigenvalue weighted by Gasteiger charge is -2.09. The minimum atomic E-state index is -0.449. The summed E-state index contributed by atoms with van der Waals surface area (Å²) in [6.45, 7) is 0. The Morgan fingerprint density at radius 2 is 1.77 bits per heavy atom. The van der Waals surface area contributed by atoms with Crippen LogP contribution < -0.4 is 9.47 Å². The molecule has 0 bridgehead atoms. The Morgan fingerprint density at radius 1 is 1.05 bits per heavy atom. The fraction of sp³-hybridized carbons (Fsp3) is 0.0625. The smallest absolute Gasteiger partial charge is 0.343 e. The number of hydrogen-bond donors (Lipinski definition) is 0. The van der Waals surface area contributed by atoms with Crippen molar-refractivity contribution in [3.8, 4) is 17.2 Å². The molecule has 1 heterocycles. The van der Waals surface area contributed by atoms with Gasteiger partial charge in [-0.1, -0.05) is 12.1 Å². The molecule has 0 spiro atoms. The highest BCUT2D eigenvalue weighted by atomic mass is 16.6. The van der Waals surface area contributed by atoms with Crippen molar-refractivity contribution >= 4 is 5.97 Å². The summed E-state index contributed by atoms with van der Waals surface area (Å²) in [6, 6.07) is 13.9. The minimum Gasteiger partial charge on any atom is -0.493 e. The third-order valence-corrected chi connectivity index (χ3v) is 3.06. The van der Waals surface area contributed by atoms with Crippen LogP contribution in [0.15, 0.2) is 61.2 Å². The second-order valence-electron chi connectivity index (χ2n) is 4.43. The average Bonchev–Trinajstić information content (AvgIpc) is 3.10. The number of ether oxygens (including phenoxy) is 2. The number of methoxy groups -OCH3 is 1. The molecule has 6 nitrogen and oxygen atoms in total. The van der Waals surface area contributed by atoms with E-state index >= 15 is 0 Å². The lowest BCUT2D eigenvalue weighted by molar-refractivity contribution is 0.0730. The normalized spacial score (nSPS) is 10.2. The summed E-state index contributed by atoms with van der Waals surface area (Å²) in [6.07, 6.45) is 3.03. The number of aromatic nitrogens is 3. The SMILES string of the molecule is COc1ccccc1OC(=O)c1ccc(-n2cncn2)cc1. The number of nitrogens with zero attached hydrogens (tertiary/aromatic N) is 3. The van der Waals surface area contributed by atoms with E-state index in [4.69, 9.17) is 9.47 Å². The molecule has 110 valence electrons. The quantitative estimate of drug-likeness (QED) is 0.546. The van der Waals surface area contributed by atoms with Gasteiger partial charge < -0.3 is 9.47 Å². The van der Waals surface area contributed by atoms with Gasteiger partial charge in [0.25, 0.3) is 0 Å². The highest BCUT2D eigenvalue weighted by Crippen LogP contribution is 2.26. The van der Waals surface area contributed by atoms with Gasteiger partial charge in [-0.2, -0.15) is 5.10 Å². The monoisotopic (exact) mass is 295 g/mol. The van der Waals surface area contributed by atoms with Gasteiger partial charge in [-0.05, 0) is 36.4 Å². The van der Waals surface area contributed by atoms with Gasteiger partial charge in [0, 0.05) is 0 Å². The Hall–Kier alpha value is -3.15. The van der Waals surface area contributed by atoms with Crippen LogP contribution in [0.25, 0.3) is 5.69 Å². The zero-order chi connectivity index (χ0) is 15.4. The Bertz CT molecular complexity index is 768. The summed E-state index contributed by atoms with van der Waals surface area (Å²) in [5, 5.41) is 4.02. The van der Waals surface area contributed by atoms with Crippen molar-refractivity contribution in [3.05, 3.63) is 66.7 Å². The molecule has 0 amide bonds. The van der Waals surface area contributed by atoms with E-state index in [-0.39, 0.29) is 0 Å². The van der Waals surface area contributed by atoms with Crippen LogP contribution in [0.3, 0.4) is 0 Å². The zero-order valence-corrected chi connectivity index (χ0v) is 11.8. The highest BCUT2D eigenvalue weighted by molar-refractivity contribution is 5.91. The first-order valence-electron chi connectivity index (χ1n) is 6.58. The molecule has 0 aliphatic rings. The summed E-state index contributed by atoms with van der Waals surface area (Å²) in [7, 11) is 1.53. The van der Waals surface area contributed by atoms with Crippen LogP contribution in [0.1, 0.15) is 10.4 Å². The van der Waals surface area contributed by atoms with E-state index in [0.29, 0.717) is 17.1 Å². The van der Waals surface area contributed by atoms with Gasteiger partial charge in [0.1, 0.15) is 12.7 Å². The van der Waals surface area contributed by atoms with E-state index in [2.05, 4.69) is 10.1 Å². The van der Waals surface area contributed by atoms with E-state index in [1.54, 1.807) is 53.5 Å². The lowest BCUT2D eigenvalue weighted by Crippen LogP contribution is -2.09. The molecule has 0 fully saturated rings. The molecule has 2 aromatic carbocycles. The summed E-state index contributed by atoms with van der Waals surface area (Å²) in [4.78, 5) is 16.0. The van der Waals surface area contributed by atoms with Gasteiger partial charge >= 0.3 is 5.97 Å². The molecular weight excluding hydrogens is 282 g/mol. The largest absolute Gasteiger partial charge is 0.493 e. The molecule has 22 heavy (non-hydrogen) atoms. The van der Waals surface area contributed by atoms with Crippen LogP contribution in [-0.4, -0.2) is 27.8 Å². The van der Waals surface area contributed by atoms with Crippen LogP contribution in [0, 0.1) is 0 Å². The second-order valence-corrected chi connectivity index (χ2v) is 4.43. The lowest BCUT2D eigenvalue weighted by atomic mass is 10.2. The number of para-hydroxylation sites is 2. The van der Waals surface area contributed by atoms with E-state index in [1.807, 2.05) is 6.07 Å². The van der Waals surface area contributed by atoms with Crippen molar-refractivity contribution in [2.24, 2.45) is 0 Å². The van der Waals surface area contributed by atoms with E-state index in [0.717, 1.165) is 5.69 Å². The fourth-order valence-corrected chi connectivity index (χ4v) is 1.95. The molecule has 0 aliphatic carbocycles. The molecule has 0 aliphatic heterocycles. The van der Waals surface area contributed by atoms with Crippen molar-refractivity contribution in [1.29, 1.82) is 0 Å². The van der Waals surface area contributed by atoms with E-state index in [9.17, 15) is 4.79 Å². The summed E-state index contributed by atoms with van der Waals surface area (Å²) in [5.41, 5.74) is 1.25. The van der Waals surface area contributed by atoms with E-state index < -0.39 is 5.97 Å². The fourth-order valence-electron chi connectivity index (χ4n) is 1.95. The molecule has 0 saturated heterocycles. The molecule has 3 aromatic rings. The van der Waals surface area contributed by atoms with Crippen molar-refractivity contribution in [3.63, 3.8) is 0 Å². The highest BCUT2D eigenvalue weighted by Gasteiger charge is 2.12. The van der Waals surface area contributed by atoms with Crippen molar-refractivity contribution in [1.82, 2.24) is 14.8 Å². The molecule has 3 rings (SSSR count). The maximum Gasteiger partial charge on any atom is 0.343 e. The summed E-state index contributed by atoms with van der Waals surface area (Å²) < 4.78 is 12.1. The van der Waals surface area contributed by atoms with Crippen LogP contribution >= 0.6 is 0 Å². The van der Waals surface area contributed by atoms with Gasteiger partial charge in [0.15, 0.2) is 11.5 Å². The molecule has 0 radical (unpaired) electrons. The predicted molar refractivity (Wildman–Crippen MR) is 79.3 cm³/mol.